The van der Waals surface area contributed by atoms with Crippen molar-refractivity contribution < 1.29 is 9.53 Å². The highest BCUT2D eigenvalue weighted by Gasteiger charge is 2.12. The van der Waals surface area contributed by atoms with Gasteiger partial charge in [0.15, 0.2) is 5.52 Å². The van der Waals surface area contributed by atoms with Crippen molar-refractivity contribution in [2.24, 2.45) is 0 Å². The second-order valence-electron chi connectivity index (χ2n) is 5.58. The van der Waals surface area contributed by atoms with Crippen LogP contribution in [0.25, 0.3) is 0 Å². The van der Waals surface area contributed by atoms with Crippen LogP contribution in [0.4, 0.5) is 0 Å². The van der Waals surface area contributed by atoms with Crippen LogP contribution in [-0.2, 0) is 0 Å². The van der Waals surface area contributed by atoms with Crippen LogP contribution in [0, 0.1) is 13.8 Å². The minimum Gasteiger partial charge on any atom is -0.491 e. The molecule has 2 unspecified atom stereocenters. The Morgan fingerprint density at radius 2 is 1.68 bits per heavy atom. The first kappa shape index (κ1) is 16.7. The van der Waals surface area contributed by atoms with Gasteiger partial charge in [0.25, 0.3) is 0 Å². The second kappa shape index (κ2) is 7.56. The molecule has 0 aliphatic rings. The number of aryl methyl sites for hydroxylation is 2. The van der Waals surface area contributed by atoms with Crippen LogP contribution in [0.2, 0.25) is 0 Å². The van der Waals surface area contributed by atoms with Crippen molar-refractivity contribution in [2.45, 2.75) is 40.2 Å². The maximum Gasteiger partial charge on any atom is 0.186 e. The summed E-state index contributed by atoms with van der Waals surface area (Å²) in [7, 11) is 0.147. The summed E-state index contributed by atoms with van der Waals surface area (Å²) in [5, 5.41) is 1.05. The fourth-order valence-electron chi connectivity index (χ4n) is 2.30. The van der Waals surface area contributed by atoms with E-state index in [1.807, 2.05) is 56.3 Å². The van der Waals surface area contributed by atoms with Gasteiger partial charge in [0.05, 0.1) is 6.10 Å². The lowest BCUT2D eigenvalue weighted by molar-refractivity contribution is 0.108. The predicted octanol–water partition coefficient (Wildman–Crippen LogP) is 4.62. The lowest BCUT2D eigenvalue weighted by atomic mass is 10.0. The van der Waals surface area contributed by atoms with Crippen LogP contribution in [-0.4, -0.2) is 11.6 Å². The molecular weight excluding hydrogens is 291 g/mol. The molecule has 0 aromatic heterocycles. The molecule has 2 aromatic carbocycles. The van der Waals surface area contributed by atoms with Gasteiger partial charge in [-0.1, -0.05) is 37.3 Å². The van der Waals surface area contributed by atoms with Crippen LogP contribution >= 0.6 is 8.58 Å². The fourth-order valence-corrected chi connectivity index (χ4v) is 3.41. The molecular formula is C19H23O2P. The average Bonchev–Trinajstić information content (AvgIpc) is 2.49. The third-order valence-electron chi connectivity index (χ3n) is 3.73. The number of benzene rings is 2. The number of hydrogen-bond donors (Lipinski definition) is 0. The number of carbonyl (C=O) groups excluding carboxylic acids is 1. The molecule has 0 saturated heterocycles. The Morgan fingerprint density at radius 1 is 1.09 bits per heavy atom. The first-order chi connectivity index (χ1) is 10.5. The molecule has 0 bridgehead atoms. The molecule has 2 aromatic rings. The minimum absolute atomic E-state index is 0.147. The maximum absolute atomic E-state index is 12.5. The van der Waals surface area contributed by atoms with Gasteiger partial charge >= 0.3 is 0 Å². The topological polar surface area (TPSA) is 26.3 Å². The standard InChI is InChI=1S/C19H23O2P/c1-5-15(4)21-16-9-11-17(12-10-16)22-19(20)18-13(2)7-6-8-14(18)3/h6-12,15,22H,5H2,1-4H3. The normalized spacial score (nSPS) is 12.5. The van der Waals surface area contributed by atoms with Gasteiger partial charge in [0.1, 0.15) is 5.75 Å². The van der Waals surface area contributed by atoms with E-state index in [1.165, 1.54) is 0 Å². The highest BCUT2D eigenvalue weighted by atomic mass is 31.1. The molecule has 0 N–H and O–H groups in total. The number of rotatable bonds is 6. The van der Waals surface area contributed by atoms with Crippen LogP contribution in [0.15, 0.2) is 42.5 Å². The number of ether oxygens (including phenoxy) is 1. The second-order valence-corrected chi connectivity index (χ2v) is 6.86. The summed E-state index contributed by atoms with van der Waals surface area (Å²) >= 11 is 0. The summed E-state index contributed by atoms with van der Waals surface area (Å²) in [6, 6.07) is 13.9. The summed E-state index contributed by atoms with van der Waals surface area (Å²) in [6.07, 6.45) is 1.19. The van der Waals surface area contributed by atoms with Crippen molar-refractivity contribution >= 4 is 19.4 Å². The molecule has 0 aliphatic heterocycles. The molecule has 2 rings (SSSR count). The van der Waals surface area contributed by atoms with Gasteiger partial charge in [-0.3, -0.25) is 4.79 Å². The Labute approximate surface area is 134 Å². The van der Waals surface area contributed by atoms with Gasteiger partial charge in [0, 0.05) is 5.56 Å². The van der Waals surface area contributed by atoms with E-state index in [2.05, 4.69) is 13.8 Å². The van der Waals surface area contributed by atoms with E-state index in [-0.39, 0.29) is 20.2 Å². The van der Waals surface area contributed by atoms with E-state index in [0.29, 0.717) is 0 Å². The van der Waals surface area contributed by atoms with Crippen LogP contribution < -0.4 is 10.0 Å². The quantitative estimate of drug-likeness (QED) is 0.727. The van der Waals surface area contributed by atoms with Crippen molar-refractivity contribution in [3.8, 4) is 5.75 Å². The van der Waals surface area contributed by atoms with Crippen LogP contribution in [0.1, 0.15) is 41.8 Å². The molecule has 116 valence electrons. The molecule has 0 radical (unpaired) electrons. The van der Waals surface area contributed by atoms with Gasteiger partial charge in [0.2, 0.25) is 0 Å². The highest BCUT2D eigenvalue weighted by Crippen LogP contribution is 2.25. The summed E-state index contributed by atoms with van der Waals surface area (Å²) in [5.41, 5.74) is 3.16. The number of hydrogen-bond acceptors (Lipinski definition) is 2. The summed E-state index contributed by atoms with van der Waals surface area (Å²) in [4.78, 5) is 12.5. The first-order valence-corrected chi connectivity index (χ1v) is 8.65. The molecule has 2 nitrogen and oxygen atoms in total. The lowest BCUT2D eigenvalue weighted by Crippen LogP contribution is -2.10. The van der Waals surface area contributed by atoms with E-state index in [1.54, 1.807) is 0 Å². The van der Waals surface area contributed by atoms with Crippen molar-refractivity contribution in [3.05, 3.63) is 59.2 Å². The Balaban J connectivity index is 2.09. The van der Waals surface area contributed by atoms with Crippen molar-refractivity contribution in [3.63, 3.8) is 0 Å². The third-order valence-corrected chi connectivity index (χ3v) is 4.83. The van der Waals surface area contributed by atoms with Gasteiger partial charge in [-0.25, -0.2) is 0 Å². The van der Waals surface area contributed by atoms with E-state index >= 15 is 0 Å². The SMILES string of the molecule is CCC(C)Oc1ccc(PC(=O)c2c(C)cccc2C)cc1. The van der Waals surface area contributed by atoms with Gasteiger partial charge in [-0.15, -0.1) is 0 Å². The average molecular weight is 314 g/mol. The lowest BCUT2D eigenvalue weighted by Gasteiger charge is -2.13. The molecule has 0 spiro atoms. The van der Waals surface area contributed by atoms with Gasteiger partial charge < -0.3 is 4.74 Å². The van der Waals surface area contributed by atoms with Gasteiger partial charge in [-0.05, 0) is 64.3 Å². The Hall–Kier alpha value is -1.66. The zero-order valence-corrected chi connectivity index (χ0v) is 14.6. The first-order valence-electron chi connectivity index (χ1n) is 7.65. The molecule has 22 heavy (non-hydrogen) atoms. The minimum atomic E-state index is 0.147. The summed E-state index contributed by atoms with van der Waals surface area (Å²) in [5.74, 6) is 0.863. The van der Waals surface area contributed by atoms with Gasteiger partial charge in [-0.2, -0.15) is 0 Å². The zero-order valence-electron chi connectivity index (χ0n) is 13.6. The van der Waals surface area contributed by atoms with Crippen molar-refractivity contribution in [2.75, 3.05) is 0 Å². The Bertz CT molecular complexity index is 627. The summed E-state index contributed by atoms with van der Waals surface area (Å²) < 4.78 is 5.76. The molecule has 3 heteroatoms. The predicted molar refractivity (Wildman–Crippen MR) is 95.0 cm³/mol. The highest BCUT2D eigenvalue weighted by molar-refractivity contribution is 7.66. The molecule has 0 heterocycles. The smallest absolute Gasteiger partial charge is 0.186 e. The maximum atomic E-state index is 12.5. The van der Waals surface area contributed by atoms with E-state index in [4.69, 9.17) is 4.74 Å². The van der Waals surface area contributed by atoms with E-state index < -0.39 is 0 Å². The van der Waals surface area contributed by atoms with E-state index in [0.717, 1.165) is 34.2 Å². The molecule has 0 saturated carbocycles. The fraction of sp³-hybridized carbons (Fsp3) is 0.316. The zero-order chi connectivity index (χ0) is 16.1. The molecule has 0 aliphatic carbocycles. The summed E-state index contributed by atoms with van der Waals surface area (Å²) in [6.45, 7) is 8.14. The molecule has 0 amide bonds. The van der Waals surface area contributed by atoms with Crippen molar-refractivity contribution in [1.82, 2.24) is 0 Å². The van der Waals surface area contributed by atoms with Crippen LogP contribution in [0.5, 0.6) is 5.75 Å². The molecule has 0 fully saturated rings. The largest absolute Gasteiger partial charge is 0.491 e. The Kier molecular flexibility index (Phi) is 5.74. The van der Waals surface area contributed by atoms with Crippen LogP contribution in [0.3, 0.4) is 0 Å². The van der Waals surface area contributed by atoms with Crippen molar-refractivity contribution in [1.29, 1.82) is 0 Å². The third kappa shape index (κ3) is 4.18. The number of carbonyl (C=O) groups is 1. The monoisotopic (exact) mass is 314 g/mol. The van der Waals surface area contributed by atoms with E-state index in [9.17, 15) is 4.79 Å². The molecule has 2 atom stereocenters. The Morgan fingerprint density at radius 3 is 2.23 bits per heavy atom.